The number of unbranched alkanes of at least 4 members (excludes halogenated alkanes) is 2. The summed E-state index contributed by atoms with van der Waals surface area (Å²) in [4.78, 5) is 0. The Bertz CT molecular complexity index is 669. The molecule has 0 aromatic heterocycles. The van der Waals surface area contributed by atoms with E-state index in [1.807, 2.05) is 0 Å². The number of aryl methyl sites for hydroxylation is 1. The van der Waals surface area contributed by atoms with Crippen molar-refractivity contribution in [3.8, 4) is 0 Å². The summed E-state index contributed by atoms with van der Waals surface area (Å²) >= 11 is 0. The molecule has 3 rings (SSSR count). The van der Waals surface area contributed by atoms with Crippen LogP contribution in [0.1, 0.15) is 42.9 Å². The van der Waals surface area contributed by atoms with E-state index in [1.165, 1.54) is 53.1 Å². The molecule has 0 radical (unpaired) electrons. The average Bonchev–Trinajstić information content (AvgIpc) is 2.87. The zero-order chi connectivity index (χ0) is 16.3. The highest BCUT2D eigenvalue weighted by atomic mass is 16.5. The third-order valence-electron chi connectivity index (χ3n) is 5.23. The molecule has 2 nitrogen and oxygen atoms in total. The summed E-state index contributed by atoms with van der Waals surface area (Å²) in [6.45, 7) is 3.69. The first kappa shape index (κ1) is 16.5. The van der Waals surface area contributed by atoms with Crippen LogP contribution in [-0.2, 0) is 27.7 Å². The van der Waals surface area contributed by atoms with Crippen molar-refractivity contribution in [2.24, 2.45) is 0 Å². The highest BCUT2D eigenvalue weighted by molar-refractivity contribution is 5.93. The van der Waals surface area contributed by atoms with Gasteiger partial charge in [0.15, 0.2) is 0 Å². The van der Waals surface area contributed by atoms with E-state index in [9.17, 15) is 0 Å². The van der Waals surface area contributed by atoms with Crippen LogP contribution in [0.4, 0.5) is 0 Å². The molecule has 0 saturated carbocycles. The van der Waals surface area contributed by atoms with Gasteiger partial charge in [0.05, 0.1) is 13.2 Å². The van der Waals surface area contributed by atoms with E-state index in [2.05, 4.69) is 37.3 Å². The third-order valence-corrected chi connectivity index (χ3v) is 5.23. The summed E-state index contributed by atoms with van der Waals surface area (Å²) in [7, 11) is 3.59. The molecule has 0 spiro atoms. The predicted octanol–water partition coefficient (Wildman–Crippen LogP) is 4.66. The maximum absolute atomic E-state index is 5.60. The second kappa shape index (κ2) is 7.02. The molecule has 0 fully saturated rings. The van der Waals surface area contributed by atoms with Crippen molar-refractivity contribution in [1.29, 1.82) is 0 Å². The highest BCUT2D eigenvalue weighted by Crippen LogP contribution is 2.44. The smallest absolute Gasteiger partial charge is 0.0584 e. The van der Waals surface area contributed by atoms with Crippen molar-refractivity contribution >= 4 is 10.8 Å². The number of hydrogen-bond acceptors (Lipinski definition) is 2. The lowest BCUT2D eigenvalue weighted by Gasteiger charge is -2.29. The number of hydrogen-bond donors (Lipinski definition) is 0. The van der Waals surface area contributed by atoms with E-state index in [4.69, 9.17) is 9.47 Å². The number of rotatable bonds is 8. The molecule has 0 N–H and O–H groups in total. The second-order valence-electron chi connectivity index (χ2n) is 6.89. The second-order valence-corrected chi connectivity index (χ2v) is 6.89. The lowest BCUT2D eigenvalue weighted by molar-refractivity contribution is 0.0623. The highest BCUT2D eigenvalue weighted by Gasteiger charge is 2.40. The zero-order valence-corrected chi connectivity index (χ0v) is 14.7. The summed E-state index contributed by atoms with van der Waals surface area (Å²) in [5, 5.41) is 2.81. The Morgan fingerprint density at radius 3 is 2.48 bits per heavy atom. The Morgan fingerprint density at radius 2 is 1.78 bits per heavy atom. The number of benzene rings is 2. The topological polar surface area (TPSA) is 18.5 Å². The molecule has 0 saturated heterocycles. The van der Waals surface area contributed by atoms with Crippen LogP contribution in [0.25, 0.3) is 10.8 Å². The van der Waals surface area contributed by atoms with Crippen LogP contribution in [0.5, 0.6) is 0 Å². The lowest BCUT2D eigenvalue weighted by atomic mass is 9.82. The van der Waals surface area contributed by atoms with Gasteiger partial charge in [0.1, 0.15) is 0 Å². The van der Waals surface area contributed by atoms with Crippen LogP contribution in [0.3, 0.4) is 0 Å². The summed E-state index contributed by atoms with van der Waals surface area (Å²) in [6, 6.07) is 11.3. The van der Waals surface area contributed by atoms with Crippen LogP contribution in [-0.4, -0.2) is 27.4 Å². The Labute approximate surface area is 139 Å². The van der Waals surface area contributed by atoms with Crippen LogP contribution in [0.15, 0.2) is 30.3 Å². The monoisotopic (exact) mass is 312 g/mol. The molecule has 2 aromatic carbocycles. The molecule has 2 heteroatoms. The van der Waals surface area contributed by atoms with Crippen LogP contribution >= 0.6 is 0 Å². The fourth-order valence-corrected chi connectivity index (χ4v) is 4.23. The summed E-state index contributed by atoms with van der Waals surface area (Å²) in [5.41, 5.74) is 4.42. The van der Waals surface area contributed by atoms with Crippen molar-refractivity contribution in [1.82, 2.24) is 0 Å². The van der Waals surface area contributed by atoms with Gasteiger partial charge in [0.2, 0.25) is 0 Å². The first-order chi connectivity index (χ1) is 11.3. The Morgan fingerprint density at radius 1 is 1.00 bits per heavy atom. The molecular formula is C21H28O2. The minimum absolute atomic E-state index is 0.0355. The maximum atomic E-state index is 5.60. The van der Waals surface area contributed by atoms with E-state index >= 15 is 0 Å². The van der Waals surface area contributed by atoms with Gasteiger partial charge in [0, 0.05) is 19.6 Å². The number of ether oxygens (including phenoxy) is 2. The normalized spacial score (nSPS) is 15.4. The van der Waals surface area contributed by atoms with E-state index in [-0.39, 0.29) is 5.41 Å². The van der Waals surface area contributed by atoms with Gasteiger partial charge in [0.25, 0.3) is 0 Å². The fourth-order valence-electron chi connectivity index (χ4n) is 4.23. The average molecular weight is 312 g/mol. The Hall–Kier alpha value is -1.38. The molecule has 124 valence electrons. The van der Waals surface area contributed by atoms with E-state index in [1.54, 1.807) is 14.2 Å². The Kier molecular flexibility index (Phi) is 5.03. The molecule has 0 aliphatic heterocycles. The molecule has 2 aromatic rings. The van der Waals surface area contributed by atoms with Gasteiger partial charge in [-0.1, -0.05) is 50.1 Å². The van der Waals surface area contributed by atoms with Crippen LogP contribution in [0, 0.1) is 0 Å². The molecule has 1 aliphatic carbocycles. The number of methoxy groups -OCH3 is 2. The largest absolute Gasteiger partial charge is 0.384 e. The first-order valence-corrected chi connectivity index (χ1v) is 8.77. The van der Waals surface area contributed by atoms with Gasteiger partial charge < -0.3 is 9.47 Å². The maximum Gasteiger partial charge on any atom is 0.0584 e. The van der Waals surface area contributed by atoms with Crippen LogP contribution < -0.4 is 0 Å². The first-order valence-electron chi connectivity index (χ1n) is 8.77. The summed E-state index contributed by atoms with van der Waals surface area (Å²) in [6.07, 6.45) is 6.07. The van der Waals surface area contributed by atoms with Crippen molar-refractivity contribution in [3.63, 3.8) is 0 Å². The molecular weight excluding hydrogens is 284 g/mol. The van der Waals surface area contributed by atoms with E-state index in [0.717, 1.165) is 6.42 Å². The van der Waals surface area contributed by atoms with Gasteiger partial charge in [-0.3, -0.25) is 0 Å². The molecule has 0 unspecified atom stereocenters. The molecule has 0 bridgehead atoms. The fraction of sp³-hybridized carbons (Fsp3) is 0.524. The van der Waals surface area contributed by atoms with Crippen molar-refractivity contribution in [2.75, 3.05) is 27.4 Å². The molecule has 1 aliphatic rings. The SMILES string of the molecule is CCCCCc1ccc2cccc3c2c1CC3(COC)COC. The Balaban J connectivity index is 2.07. The minimum atomic E-state index is -0.0355. The van der Waals surface area contributed by atoms with E-state index in [0.29, 0.717) is 13.2 Å². The van der Waals surface area contributed by atoms with Gasteiger partial charge in [-0.25, -0.2) is 0 Å². The molecule has 0 amide bonds. The molecule has 23 heavy (non-hydrogen) atoms. The van der Waals surface area contributed by atoms with Gasteiger partial charge in [-0.05, 0) is 46.7 Å². The van der Waals surface area contributed by atoms with Crippen molar-refractivity contribution < 1.29 is 9.47 Å². The third kappa shape index (κ3) is 2.90. The quantitative estimate of drug-likeness (QED) is 0.660. The van der Waals surface area contributed by atoms with Crippen molar-refractivity contribution in [2.45, 2.75) is 44.4 Å². The molecule has 0 atom stereocenters. The molecule has 0 heterocycles. The van der Waals surface area contributed by atoms with Gasteiger partial charge in [-0.15, -0.1) is 0 Å². The lowest BCUT2D eigenvalue weighted by Crippen LogP contribution is -2.36. The summed E-state index contributed by atoms with van der Waals surface area (Å²) in [5.74, 6) is 0. The van der Waals surface area contributed by atoms with E-state index < -0.39 is 0 Å². The minimum Gasteiger partial charge on any atom is -0.384 e. The summed E-state index contributed by atoms with van der Waals surface area (Å²) < 4.78 is 11.2. The van der Waals surface area contributed by atoms with Gasteiger partial charge in [-0.2, -0.15) is 0 Å². The predicted molar refractivity (Wildman–Crippen MR) is 96.3 cm³/mol. The standard InChI is InChI=1S/C21H28O2/c1-4-5-6-8-16-11-12-17-9-7-10-19-20(17)18(16)13-21(19,14-22-2)15-23-3/h7,9-12H,4-6,8,13-15H2,1-3H3. The van der Waals surface area contributed by atoms with Crippen molar-refractivity contribution in [3.05, 3.63) is 47.0 Å². The zero-order valence-electron chi connectivity index (χ0n) is 14.7. The van der Waals surface area contributed by atoms with Crippen LogP contribution in [0.2, 0.25) is 0 Å². The van der Waals surface area contributed by atoms with Gasteiger partial charge >= 0.3 is 0 Å².